The summed E-state index contributed by atoms with van der Waals surface area (Å²) >= 11 is 0. The average Bonchev–Trinajstić information content (AvgIpc) is 2.83. The molecular formula is C21H16N2O5. The average molecular weight is 376 g/mol. The molecule has 0 aromatic heterocycles. The molecule has 1 amide bonds. The van der Waals surface area contributed by atoms with Crippen LogP contribution in [-0.4, -0.2) is 17.9 Å². The highest BCUT2D eigenvalue weighted by molar-refractivity contribution is 6.09. The fourth-order valence-electron chi connectivity index (χ4n) is 3.10. The zero-order valence-corrected chi connectivity index (χ0v) is 15.0. The van der Waals surface area contributed by atoms with Crippen molar-refractivity contribution in [2.75, 3.05) is 12.0 Å². The molecule has 28 heavy (non-hydrogen) atoms. The van der Waals surface area contributed by atoms with Gasteiger partial charge in [-0.25, -0.2) is 0 Å². The third-order valence-electron chi connectivity index (χ3n) is 4.53. The zero-order chi connectivity index (χ0) is 19.7. The van der Waals surface area contributed by atoms with Crippen LogP contribution in [-0.2, 0) is 6.54 Å². The number of nitrogens with zero attached hydrogens (tertiary/aromatic N) is 2. The summed E-state index contributed by atoms with van der Waals surface area (Å²) in [6.07, 6.45) is 0. The van der Waals surface area contributed by atoms with Gasteiger partial charge in [0.25, 0.3) is 11.6 Å². The van der Waals surface area contributed by atoms with Crippen molar-refractivity contribution < 1.29 is 19.2 Å². The van der Waals surface area contributed by atoms with E-state index in [-0.39, 0.29) is 22.9 Å². The molecule has 140 valence electrons. The predicted octanol–water partition coefficient (Wildman–Crippen LogP) is 4.56. The van der Waals surface area contributed by atoms with Gasteiger partial charge in [0.1, 0.15) is 11.5 Å². The van der Waals surface area contributed by atoms with E-state index in [1.54, 1.807) is 30.2 Å². The maximum atomic E-state index is 13.3. The Morgan fingerprint density at radius 2 is 1.79 bits per heavy atom. The fourth-order valence-corrected chi connectivity index (χ4v) is 3.10. The minimum absolute atomic E-state index is 0.132. The lowest BCUT2D eigenvalue weighted by Gasteiger charge is -2.22. The standard InChI is InChI=1S/C21H16N2O5/c1-27-16-9-6-14(7-10-16)13-22-18-4-2-3-5-19(18)28-20-12-15(23(25)26)8-11-17(20)21(22)24/h2-12H,13H2,1H3. The molecular weight excluding hydrogens is 360 g/mol. The Labute approximate surface area is 160 Å². The molecule has 0 saturated carbocycles. The number of nitro benzene ring substituents is 1. The molecule has 0 aliphatic carbocycles. The maximum absolute atomic E-state index is 13.3. The Hall–Kier alpha value is -3.87. The second-order valence-electron chi connectivity index (χ2n) is 6.25. The van der Waals surface area contributed by atoms with Crippen LogP contribution in [0.5, 0.6) is 17.2 Å². The molecule has 0 radical (unpaired) electrons. The number of nitro groups is 1. The quantitative estimate of drug-likeness (QED) is 0.493. The van der Waals surface area contributed by atoms with Gasteiger partial charge in [-0.2, -0.15) is 0 Å². The molecule has 3 aromatic rings. The summed E-state index contributed by atoms with van der Waals surface area (Å²) in [5.74, 6) is 1.07. The molecule has 0 bridgehead atoms. The van der Waals surface area contributed by atoms with Crippen LogP contribution in [0.1, 0.15) is 15.9 Å². The highest BCUT2D eigenvalue weighted by Crippen LogP contribution is 2.40. The van der Waals surface area contributed by atoms with Crippen LogP contribution in [0.4, 0.5) is 11.4 Å². The van der Waals surface area contributed by atoms with Gasteiger partial charge < -0.3 is 14.4 Å². The number of rotatable bonds is 4. The van der Waals surface area contributed by atoms with Crippen LogP contribution < -0.4 is 14.4 Å². The van der Waals surface area contributed by atoms with Crippen molar-refractivity contribution in [3.8, 4) is 17.2 Å². The lowest BCUT2D eigenvalue weighted by Crippen LogP contribution is -2.29. The lowest BCUT2D eigenvalue weighted by molar-refractivity contribution is -0.384. The number of benzene rings is 3. The minimum atomic E-state index is -0.514. The number of anilines is 1. The summed E-state index contributed by atoms with van der Waals surface area (Å²) in [7, 11) is 1.59. The van der Waals surface area contributed by atoms with Gasteiger partial charge in [0.15, 0.2) is 5.75 Å². The number of fused-ring (bicyclic) bond motifs is 2. The first kappa shape index (κ1) is 17.5. The number of amides is 1. The van der Waals surface area contributed by atoms with E-state index >= 15 is 0 Å². The highest BCUT2D eigenvalue weighted by Gasteiger charge is 2.29. The molecule has 1 aliphatic rings. The number of non-ortho nitro benzene ring substituents is 1. The van der Waals surface area contributed by atoms with Crippen LogP contribution in [0.3, 0.4) is 0 Å². The number of carbonyl (C=O) groups is 1. The van der Waals surface area contributed by atoms with Crippen molar-refractivity contribution in [2.24, 2.45) is 0 Å². The summed E-state index contributed by atoms with van der Waals surface area (Å²) in [5, 5.41) is 11.1. The monoisotopic (exact) mass is 376 g/mol. The smallest absolute Gasteiger partial charge is 0.273 e. The number of ether oxygens (including phenoxy) is 2. The summed E-state index contributed by atoms with van der Waals surface area (Å²) < 4.78 is 11.1. The van der Waals surface area contributed by atoms with E-state index < -0.39 is 4.92 Å². The molecule has 0 spiro atoms. The van der Waals surface area contributed by atoms with Gasteiger partial charge in [-0.1, -0.05) is 24.3 Å². The fraction of sp³-hybridized carbons (Fsp3) is 0.0952. The van der Waals surface area contributed by atoms with E-state index in [0.717, 1.165) is 11.3 Å². The van der Waals surface area contributed by atoms with Gasteiger partial charge in [-0.15, -0.1) is 0 Å². The Morgan fingerprint density at radius 3 is 2.50 bits per heavy atom. The van der Waals surface area contributed by atoms with Gasteiger partial charge in [-0.3, -0.25) is 14.9 Å². The molecule has 1 aliphatic heterocycles. The van der Waals surface area contributed by atoms with E-state index in [0.29, 0.717) is 18.0 Å². The molecule has 7 heteroatoms. The van der Waals surface area contributed by atoms with Crippen molar-refractivity contribution >= 4 is 17.3 Å². The zero-order valence-electron chi connectivity index (χ0n) is 15.0. The van der Waals surface area contributed by atoms with E-state index in [1.807, 2.05) is 30.3 Å². The third kappa shape index (κ3) is 3.14. The first-order valence-electron chi connectivity index (χ1n) is 8.57. The van der Waals surface area contributed by atoms with E-state index in [4.69, 9.17) is 9.47 Å². The van der Waals surface area contributed by atoms with E-state index in [1.165, 1.54) is 18.2 Å². The van der Waals surface area contributed by atoms with Crippen LogP contribution in [0.2, 0.25) is 0 Å². The van der Waals surface area contributed by atoms with Crippen molar-refractivity contribution in [1.82, 2.24) is 0 Å². The predicted molar refractivity (Wildman–Crippen MR) is 103 cm³/mol. The molecule has 0 unspecified atom stereocenters. The van der Waals surface area contributed by atoms with Crippen LogP contribution in [0, 0.1) is 10.1 Å². The Balaban J connectivity index is 1.78. The maximum Gasteiger partial charge on any atom is 0.273 e. The van der Waals surface area contributed by atoms with Crippen molar-refractivity contribution in [2.45, 2.75) is 6.54 Å². The van der Waals surface area contributed by atoms with E-state index in [9.17, 15) is 14.9 Å². The van der Waals surface area contributed by atoms with Crippen molar-refractivity contribution in [1.29, 1.82) is 0 Å². The van der Waals surface area contributed by atoms with E-state index in [2.05, 4.69) is 0 Å². The molecule has 0 fully saturated rings. The Kier molecular flexibility index (Phi) is 4.41. The SMILES string of the molecule is COc1ccc(CN2C(=O)c3ccc([N+](=O)[O-])cc3Oc3ccccc32)cc1. The number of para-hydroxylation sites is 2. The molecule has 1 heterocycles. The van der Waals surface area contributed by atoms with Crippen LogP contribution >= 0.6 is 0 Å². The normalized spacial score (nSPS) is 12.5. The molecule has 3 aromatic carbocycles. The highest BCUT2D eigenvalue weighted by atomic mass is 16.6. The van der Waals surface area contributed by atoms with Gasteiger partial charge >= 0.3 is 0 Å². The van der Waals surface area contributed by atoms with Gasteiger partial charge in [-0.05, 0) is 35.9 Å². The second kappa shape index (κ2) is 7.03. The molecule has 0 saturated heterocycles. The topological polar surface area (TPSA) is 81.9 Å². The summed E-state index contributed by atoms with van der Waals surface area (Å²) in [6, 6.07) is 18.6. The number of methoxy groups -OCH3 is 1. The van der Waals surface area contributed by atoms with Crippen molar-refractivity contribution in [3.63, 3.8) is 0 Å². The second-order valence-corrected chi connectivity index (χ2v) is 6.25. The Morgan fingerprint density at radius 1 is 1.04 bits per heavy atom. The van der Waals surface area contributed by atoms with Gasteiger partial charge in [0.05, 0.1) is 35.9 Å². The van der Waals surface area contributed by atoms with Crippen molar-refractivity contribution in [3.05, 3.63) is 88.0 Å². The van der Waals surface area contributed by atoms with Gasteiger partial charge in [0, 0.05) is 6.07 Å². The first-order chi connectivity index (χ1) is 13.6. The van der Waals surface area contributed by atoms with Crippen LogP contribution in [0.25, 0.3) is 0 Å². The first-order valence-corrected chi connectivity index (χ1v) is 8.57. The molecule has 7 nitrogen and oxygen atoms in total. The summed E-state index contributed by atoms with van der Waals surface area (Å²) in [6.45, 7) is 0.319. The third-order valence-corrected chi connectivity index (χ3v) is 4.53. The number of hydrogen-bond donors (Lipinski definition) is 0. The molecule has 4 rings (SSSR count). The minimum Gasteiger partial charge on any atom is -0.497 e. The number of hydrogen-bond acceptors (Lipinski definition) is 5. The van der Waals surface area contributed by atoms with Crippen LogP contribution in [0.15, 0.2) is 66.7 Å². The summed E-state index contributed by atoms with van der Waals surface area (Å²) in [4.78, 5) is 25.5. The molecule has 0 N–H and O–H groups in total. The van der Waals surface area contributed by atoms with Gasteiger partial charge in [0.2, 0.25) is 0 Å². The largest absolute Gasteiger partial charge is 0.497 e. The summed E-state index contributed by atoms with van der Waals surface area (Å²) in [5.41, 5.74) is 1.65. The Bertz CT molecular complexity index is 1060. The molecule has 0 atom stereocenters. The lowest BCUT2D eigenvalue weighted by atomic mass is 10.1. The number of carbonyl (C=O) groups excluding carboxylic acids is 1.